The van der Waals surface area contributed by atoms with Crippen LogP contribution in [-0.2, 0) is 11.2 Å². The van der Waals surface area contributed by atoms with E-state index in [-0.39, 0.29) is 17.0 Å². The van der Waals surface area contributed by atoms with Crippen molar-refractivity contribution in [3.63, 3.8) is 0 Å². The van der Waals surface area contributed by atoms with Crippen LogP contribution in [0.2, 0.25) is 0 Å². The molecule has 0 unspecified atom stereocenters. The molecule has 1 aliphatic rings. The fraction of sp³-hybridized carbons (Fsp3) is 0.462. The van der Waals surface area contributed by atoms with Crippen LogP contribution in [0.5, 0.6) is 5.75 Å². The zero-order valence-electron chi connectivity index (χ0n) is 9.55. The van der Waals surface area contributed by atoms with E-state index in [0.717, 1.165) is 18.4 Å². The molecule has 2 nitrogen and oxygen atoms in total. The van der Waals surface area contributed by atoms with Crippen LogP contribution in [0.4, 0.5) is 4.39 Å². The summed E-state index contributed by atoms with van der Waals surface area (Å²) >= 11 is 0. The van der Waals surface area contributed by atoms with Gasteiger partial charge in [0.05, 0.1) is 7.11 Å². The number of halogens is 1. The van der Waals surface area contributed by atoms with E-state index < -0.39 is 0 Å². The lowest BCUT2D eigenvalue weighted by molar-refractivity contribution is -0.121. The Bertz CT molecular complexity index is 422. The third-order valence-electron chi connectivity index (χ3n) is 3.37. The minimum atomic E-state index is -0.282. The van der Waals surface area contributed by atoms with Gasteiger partial charge < -0.3 is 4.74 Å². The largest absolute Gasteiger partial charge is 0.496 e. The maximum atomic E-state index is 13.1. The Hall–Kier alpha value is -1.38. The first-order valence-electron chi connectivity index (χ1n) is 5.41. The van der Waals surface area contributed by atoms with Gasteiger partial charge in [0.2, 0.25) is 0 Å². The molecule has 0 radical (unpaired) electrons. The molecule has 1 saturated carbocycles. The molecule has 0 N–H and O–H groups in total. The van der Waals surface area contributed by atoms with Gasteiger partial charge in [0, 0.05) is 5.41 Å². The van der Waals surface area contributed by atoms with Gasteiger partial charge in [-0.25, -0.2) is 4.39 Å². The minimum absolute atomic E-state index is 0.193. The van der Waals surface area contributed by atoms with Crippen LogP contribution >= 0.6 is 0 Å². The molecule has 0 aliphatic heterocycles. The van der Waals surface area contributed by atoms with Gasteiger partial charge in [-0.3, -0.25) is 4.79 Å². The summed E-state index contributed by atoms with van der Waals surface area (Å²) in [6, 6.07) is 4.44. The molecule has 0 spiro atoms. The van der Waals surface area contributed by atoms with Gasteiger partial charge in [-0.05, 0) is 49.9 Å². The number of benzene rings is 1. The van der Waals surface area contributed by atoms with E-state index in [1.165, 1.54) is 12.1 Å². The third kappa shape index (κ3) is 1.94. The van der Waals surface area contributed by atoms with Crippen LogP contribution in [0.15, 0.2) is 18.2 Å². The smallest absolute Gasteiger partial charge is 0.136 e. The topological polar surface area (TPSA) is 26.3 Å². The molecule has 0 atom stereocenters. The van der Waals surface area contributed by atoms with E-state index in [9.17, 15) is 9.18 Å². The van der Waals surface area contributed by atoms with E-state index >= 15 is 0 Å². The average Bonchev–Trinajstić information content (AvgIpc) is 2.99. The molecule has 0 heterocycles. The van der Waals surface area contributed by atoms with E-state index in [1.807, 2.05) is 0 Å². The zero-order valence-corrected chi connectivity index (χ0v) is 9.55. The average molecular weight is 222 g/mol. The second-order valence-electron chi connectivity index (χ2n) is 4.47. The summed E-state index contributed by atoms with van der Waals surface area (Å²) in [5.41, 5.74) is 0.538. The van der Waals surface area contributed by atoms with Crippen LogP contribution in [0.3, 0.4) is 0 Å². The fourth-order valence-electron chi connectivity index (χ4n) is 2.05. The minimum Gasteiger partial charge on any atom is -0.496 e. The van der Waals surface area contributed by atoms with E-state index in [1.54, 1.807) is 20.1 Å². The van der Waals surface area contributed by atoms with Crippen molar-refractivity contribution in [3.8, 4) is 5.75 Å². The highest BCUT2D eigenvalue weighted by atomic mass is 19.1. The highest BCUT2D eigenvalue weighted by molar-refractivity contribution is 5.85. The highest BCUT2D eigenvalue weighted by Crippen LogP contribution is 2.50. The number of ether oxygens (including phenoxy) is 1. The number of hydrogen-bond acceptors (Lipinski definition) is 2. The van der Waals surface area contributed by atoms with Gasteiger partial charge in [0.15, 0.2) is 0 Å². The van der Waals surface area contributed by atoms with Gasteiger partial charge >= 0.3 is 0 Å². The molecule has 0 aromatic heterocycles. The Morgan fingerprint density at radius 1 is 1.50 bits per heavy atom. The standard InChI is InChI=1S/C13H15FO2/c1-9(15)13(5-6-13)8-10-7-11(14)3-4-12(10)16-2/h3-4,7H,5-6,8H2,1-2H3. The summed E-state index contributed by atoms with van der Waals surface area (Å²) in [4.78, 5) is 11.5. The molecule has 86 valence electrons. The van der Waals surface area contributed by atoms with Crippen LogP contribution in [0.1, 0.15) is 25.3 Å². The van der Waals surface area contributed by atoms with Gasteiger partial charge in [-0.1, -0.05) is 0 Å². The SMILES string of the molecule is COc1ccc(F)cc1CC1(C(C)=O)CC1. The summed E-state index contributed by atoms with van der Waals surface area (Å²) < 4.78 is 18.3. The maximum absolute atomic E-state index is 13.1. The summed E-state index contributed by atoms with van der Waals surface area (Å²) in [6.45, 7) is 1.61. The highest BCUT2D eigenvalue weighted by Gasteiger charge is 2.47. The fourth-order valence-corrected chi connectivity index (χ4v) is 2.05. The van der Waals surface area contributed by atoms with E-state index in [2.05, 4.69) is 0 Å². The molecular formula is C13H15FO2. The number of Topliss-reactive ketones (excluding diaryl/α,β-unsaturated/α-hetero) is 1. The Kier molecular flexibility index (Phi) is 2.70. The van der Waals surface area contributed by atoms with E-state index in [4.69, 9.17) is 4.74 Å². The molecule has 16 heavy (non-hydrogen) atoms. The van der Waals surface area contributed by atoms with Crippen molar-refractivity contribution in [3.05, 3.63) is 29.6 Å². The molecule has 1 aromatic carbocycles. The zero-order chi connectivity index (χ0) is 11.8. The predicted molar refractivity (Wildman–Crippen MR) is 59.0 cm³/mol. The maximum Gasteiger partial charge on any atom is 0.136 e. The first-order chi connectivity index (χ1) is 7.57. The molecule has 1 fully saturated rings. The second-order valence-corrected chi connectivity index (χ2v) is 4.47. The molecule has 0 amide bonds. The molecule has 1 aliphatic carbocycles. The Morgan fingerprint density at radius 2 is 2.19 bits per heavy atom. The Labute approximate surface area is 94.4 Å². The summed E-state index contributed by atoms with van der Waals surface area (Å²) in [6.07, 6.45) is 2.40. The Morgan fingerprint density at radius 3 is 2.69 bits per heavy atom. The molecule has 0 bridgehead atoms. The number of carbonyl (C=O) groups is 1. The van der Waals surface area contributed by atoms with Crippen molar-refractivity contribution >= 4 is 5.78 Å². The molecule has 0 saturated heterocycles. The van der Waals surface area contributed by atoms with Gasteiger partial charge in [0.1, 0.15) is 17.3 Å². The quantitative estimate of drug-likeness (QED) is 0.783. The number of carbonyl (C=O) groups excluding carboxylic acids is 1. The van der Waals surface area contributed by atoms with Crippen molar-refractivity contribution in [2.24, 2.45) is 5.41 Å². The van der Waals surface area contributed by atoms with Crippen LogP contribution in [0.25, 0.3) is 0 Å². The summed E-state index contributed by atoms with van der Waals surface area (Å²) in [5, 5.41) is 0. The lowest BCUT2D eigenvalue weighted by Crippen LogP contribution is -2.15. The van der Waals surface area contributed by atoms with Crippen molar-refractivity contribution in [2.45, 2.75) is 26.2 Å². The van der Waals surface area contributed by atoms with Crippen LogP contribution in [0, 0.1) is 11.2 Å². The molecule has 3 heteroatoms. The summed E-state index contributed by atoms with van der Waals surface area (Å²) in [5.74, 6) is 0.572. The predicted octanol–water partition coefficient (Wildman–Crippen LogP) is 2.75. The van der Waals surface area contributed by atoms with Crippen molar-refractivity contribution in [2.75, 3.05) is 7.11 Å². The van der Waals surface area contributed by atoms with Gasteiger partial charge in [-0.15, -0.1) is 0 Å². The molecule has 1 aromatic rings. The Balaban J connectivity index is 2.27. The first-order valence-corrected chi connectivity index (χ1v) is 5.41. The van der Waals surface area contributed by atoms with Crippen LogP contribution < -0.4 is 4.74 Å². The third-order valence-corrected chi connectivity index (χ3v) is 3.37. The number of ketones is 1. The number of rotatable bonds is 4. The van der Waals surface area contributed by atoms with Gasteiger partial charge in [0.25, 0.3) is 0 Å². The first kappa shape index (κ1) is 11.1. The number of hydrogen-bond donors (Lipinski definition) is 0. The van der Waals surface area contributed by atoms with Crippen molar-refractivity contribution in [1.82, 2.24) is 0 Å². The van der Waals surface area contributed by atoms with Gasteiger partial charge in [-0.2, -0.15) is 0 Å². The van der Waals surface area contributed by atoms with E-state index in [0.29, 0.717) is 12.2 Å². The molecule has 2 rings (SSSR count). The van der Waals surface area contributed by atoms with Crippen molar-refractivity contribution in [1.29, 1.82) is 0 Å². The van der Waals surface area contributed by atoms with Crippen molar-refractivity contribution < 1.29 is 13.9 Å². The second kappa shape index (κ2) is 3.89. The normalized spacial score (nSPS) is 16.9. The number of methoxy groups -OCH3 is 1. The monoisotopic (exact) mass is 222 g/mol. The lowest BCUT2D eigenvalue weighted by atomic mass is 9.92. The lowest BCUT2D eigenvalue weighted by Gasteiger charge is -2.14. The molecular weight excluding hydrogens is 207 g/mol. The van der Waals surface area contributed by atoms with Crippen LogP contribution in [-0.4, -0.2) is 12.9 Å². The summed E-state index contributed by atoms with van der Waals surface area (Å²) in [7, 11) is 1.56.